The highest BCUT2D eigenvalue weighted by molar-refractivity contribution is 5.91. The van der Waals surface area contributed by atoms with E-state index < -0.39 is 0 Å². The van der Waals surface area contributed by atoms with E-state index in [1.165, 1.54) is 0 Å². The molecule has 0 aliphatic carbocycles. The molecule has 4 heterocycles. The standard InChI is InChI=1S/C20H27N7O2/c1-20(5-10-29-11-6-20)13-24-16-4-9-22-17(26-16)15-3-8-23-19(25-15)27-18(28)14-2-7-21-12-14/h3-4,8-9,14,21H,2,5-7,10-13H2,1H3,(H,22,24,26)(H,23,25,27,28). The lowest BCUT2D eigenvalue weighted by Gasteiger charge is -2.33. The highest BCUT2D eigenvalue weighted by Gasteiger charge is 2.27. The maximum atomic E-state index is 12.3. The Morgan fingerprint density at radius 1 is 1.24 bits per heavy atom. The maximum absolute atomic E-state index is 12.3. The second-order valence-corrected chi connectivity index (χ2v) is 7.99. The van der Waals surface area contributed by atoms with Crippen LogP contribution in [0.15, 0.2) is 24.5 Å². The predicted molar refractivity (Wildman–Crippen MR) is 109 cm³/mol. The average Bonchev–Trinajstić information content (AvgIpc) is 3.29. The van der Waals surface area contributed by atoms with Crippen molar-refractivity contribution in [1.82, 2.24) is 25.3 Å². The Kier molecular flexibility index (Phi) is 5.96. The van der Waals surface area contributed by atoms with Crippen LogP contribution < -0.4 is 16.0 Å². The van der Waals surface area contributed by atoms with Gasteiger partial charge in [0.15, 0.2) is 5.82 Å². The lowest BCUT2D eigenvalue weighted by Crippen LogP contribution is -2.33. The normalized spacial score (nSPS) is 20.9. The molecule has 2 aliphatic rings. The summed E-state index contributed by atoms with van der Waals surface area (Å²) in [6.45, 7) is 6.25. The minimum absolute atomic E-state index is 0.0439. The SMILES string of the molecule is CC1(CNc2ccnc(-c3ccnc(NC(=O)C4CCNC4)n3)n2)CCOCC1. The third-order valence-electron chi connectivity index (χ3n) is 5.60. The van der Waals surface area contributed by atoms with Gasteiger partial charge in [-0.05, 0) is 43.4 Å². The van der Waals surface area contributed by atoms with Crippen molar-refractivity contribution in [2.75, 3.05) is 43.5 Å². The van der Waals surface area contributed by atoms with E-state index in [1.54, 1.807) is 18.5 Å². The van der Waals surface area contributed by atoms with Crippen LogP contribution in [0.4, 0.5) is 11.8 Å². The summed E-state index contributed by atoms with van der Waals surface area (Å²) in [7, 11) is 0. The molecule has 0 spiro atoms. The van der Waals surface area contributed by atoms with E-state index in [0.717, 1.165) is 51.4 Å². The first kappa shape index (κ1) is 19.7. The molecular weight excluding hydrogens is 370 g/mol. The third kappa shape index (κ3) is 5.04. The Labute approximate surface area is 170 Å². The van der Waals surface area contributed by atoms with E-state index in [1.807, 2.05) is 6.07 Å². The van der Waals surface area contributed by atoms with Crippen LogP contribution in [0.3, 0.4) is 0 Å². The van der Waals surface area contributed by atoms with Crippen LogP contribution in [0.1, 0.15) is 26.2 Å². The van der Waals surface area contributed by atoms with Gasteiger partial charge >= 0.3 is 0 Å². The quantitative estimate of drug-likeness (QED) is 0.675. The van der Waals surface area contributed by atoms with Crippen LogP contribution in [0.25, 0.3) is 11.5 Å². The van der Waals surface area contributed by atoms with E-state index in [9.17, 15) is 4.79 Å². The monoisotopic (exact) mass is 397 g/mol. The molecule has 154 valence electrons. The molecule has 9 heteroatoms. The molecule has 1 unspecified atom stereocenters. The van der Waals surface area contributed by atoms with Gasteiger partial charge in [-0.2, -0.15) is 0 Å². The van der Waals surface area contributed by atoms with Crippen molar-refractivity contribution in [3.05, 3.63) is 24.5 Å². The van der Waals surface area contributed by atoms with Crippen LogP contribution >= 0.6 is 0 Å². The maximum Gasteiger partial charge on any atom is 0.231 e. The van der Waals surface area contributed by atoms with Gasteiger partial charge in [-0.1, -0.05) is 6.92 Å². The fourth-order valence-electron chi connectivity index (χ4n) is 3.56. The van der Waals surface area contributed by atoms with Gasteiger partial charge in [-0.25, -0.2) is 19.9 Å². The van der Waals surface area contributed by atoms with Crippen LogP contribution in [-0.2, 0) is 9.53 Å². The number of aromatic nitrogens is 4. The zero-order chi connectivity index (χ0) is 20.1. The Balaban J connectivity index is 1.43. The molecule has 0 saturated carbocycles. The van der Waals surface area contributed by atoms with Gasteiger partial charge in [0.2, 0.25) is 11.9 Å². The highest BCUT2D eigenvalue weighted by Crippen LogP contribution is 2.29. The minimum atomic E-state index is -0.0619. The van der Waals surface area contributed by atoms with Gasteiger partial charge in [0.1, 0.15) is 11.5 Å². The van der Waals surface area contributed by atoms with E-state index >= 15 is 0 Å². The number of nitrogens with zero attached hydrogens (tertiary/aromatic N) is 4. The molecule has 2 aromatic heterocycles. The van der Waals surface area contributed by atoms with Crippen molar-refractivity contribution >= 4 is 17.7 Å². The van der Waals surface area contributed by atoms with Crippen LogP contribution in [-0.4, -0.2) is 58.7 Å². The number of hydrogen-bond donors (Lipinski definition) is 3. The molecule has 1 atom stereocenters. The van der Waals surface area contributed by atoms with Crippen molar-refractivity contribution in [3.63, 3.8) is 0 Å². The molecular formula is C20H27N7O2. The average molecular weight is 397 g/mol. The predicted octanol–water partition coefficient (Wildman–Crippen LogP) is 1.71. The molecule has 0 radical (unpaired) electrons. The summed E-state index contributed by atoms with van der Waals surface area (Å²) in [5.41, 5.74) is 0.769. The number of hydrogen-bond acceptors (Lipinski definition) is 8. The molecule has 2 aromatic rings. The molecule has 29 heavy (non-hydrogen) atoms. The lowest BCUT2D eigenvalue weighted by atomic mass is 9.82. The van der Waals surface area contributed by atoms with E-state index in [4.69, 9.17) is 4.74 Å². The Bertz CT molecular complexity index is 848. The van der Waals surface area contributed by atoms with E-state index in [0.29, 0.717) is 18.1 Å². The number of rotatable bonds is 6. The highest BCUT2D eigenvalue weighted by atomic mass is 16.5. The second-order valence-electron chi connectivity index (χ2n) is 7.99. The van der Waals surface area contributed by atoms with Crippen LogP contribution in [0.2, 0.25) is 0 Å². The molecule has 3 N–H and O–H groups in total. The molecule has 0 bridgehead atoms. The first-order chi connectivity index (χ1) is 14.1. The summed E-state index contributed by atoms with van der Waals surface area (Å²) in [6, 6.07) is 3.59. The number of carbonyl (C=O) groups excluding carboxylic acids is 1. The number of anilines is 2. The van der Waals surface area contributed by atoms with Gasteiger partial charge in [0.25, 0.3) is 0 Å². The summed E-state index contributed by atoms with van der Waals surface area (Å²) in [5.74, 6) is 1.42. The van der Waals surface area contributed by atoms with Gasteiger partial charge in [0.05, 0.1) is 5.92 Å². The van der Waals surface area contributed by atoms with Crippen LogP contribution in [0.5, 0.6) is 0 Å². The van der Waals surface area contributed by atoms with Crippen molar-refractivity contribution in [1.29, 1.82) is 0 Å². The molecule has 2 saturated heterocycles. The summed E-state index contributed by atoms with van der Waals surface area (Å²) in [4.78, 5) is 29.8. The Morgan fingerprint density at radius 3 is 2.86 bits per heavy atom. The Morgan fingerprint density at radius 2 is 2.07 bits per heavy atom. The summed E-state index contributed by atoms with van der Waals surface area (Å²) in [6.07, 6.45) is 6.21. The van der Waals surface area contributed by atoms with Crippen molar-refractivity contribution in [2.24, 2.45) is 11.3 Å². The third-order valence-corrected chi connectivity index (χ3v) is 5.60. The van der Waals surface area contributed by atoms with Crippen molar-refractivity contribution < 1.29 is 9.53 Å². The van der Waals surface area contributed by atoms with Crippen molar-refractivity contribution in [3.8, 4) is 11.5 Å². The van der Waals surface area contributed by atoms with E-state index in [2.05, 4.69) is 42.8 Å². The summed E-state index contributed by atoms with van der Waals surface area (Å²) in [5, 5.41) is 9.40. The molecule has 1 amide bonds. The first-order valence-corrected chi connectivity index (χ1v) is 10.1. The fourth-order valence-corrected chi connectivity index (χ4v) is 3.56. The molecule has 2 fully saturated rings. The molecule has 0 aromatic carbocycles. The van der Waals surface area contributed by atoms with Crippen LogP contribution in [0, 0.1) is 11.3 Å². The largest absolute Gasteiger partial charge is 0.381 e. The lowest BCUT2D eigenvalue weighted by molar-refractivity contribution is -0.119. The summed E-state index contributed by atoms with van der Waals surface area (Å²) >= 11 is 0. The number of nitrogens with one attached hydrogen (secondary N) is 3. The second kappa shape index (κ2) is 8.79. The van der Waals surface area contributed by atoms with Gasteiger partial charge in [0, 0.05) is 38.7 Å². The number of carbonyl (C=O) groups is 1. The fraction of sp³-hybridized carbons (Fsp3) is 0.550. The summed E-state index contributed by atoms with van der Waals surface area (Å²) < 4.78 is 5.46. The Hall–Kier alpha value is -2.65. The topological polar surface area (TPSA) is 114 Å². The first-order valence-electron chi connectivity index (χ1n) is 10.1. The smallest absolute Gasteiger partial charge is 0.231 e. The molecule has 2 aliphatic heterocycles. The van der Waals surface area contributed by atoms with Gasteiger partial charge < -0.3 is 15.4 Å². The van der Waals surface area contributed by atoms with Crippen molar-refractivity contribution in [2.45, 2.75) is 26.2 Å². The number of ether oxygens (including phenoxy) is 1. The van der Waals surface area contributed by atoms with E-state index in [-0.39, 0.29) is 23.2 Å². The van der Waals surface area contributed by atoms with Gasteiger partial charge in [-0.3, -0.25) is 10.1 Å². The zero-order valence-electron chi connectivity index (χ0n) is 16.6. The van der Waals surface area contributed by atoms with Gasteiger partial charge in [-0.15, -0.1) is 0 Å². The molecule has 9 nitrogen and oxygen atoms in total. The minimum Gasteiger partial charge on any atom is -0.381 e. The zero-order valence-corrected chi connectivity index (χ0v) is 16.6. The number of amides is 1. The molecule has 4 rings (SSSR count).